The zero-order valence-corrected chi connectivity index (χ0v) is 19.0. The second-order valence-electron chi connectivity index (χ2n) is 8.66. The van der Waals surface area contributed by atoms with Crippen molar-refractivity contribution in [3.05, 3.63) is 48.0 Å². The lowest BCUT2D eigenvalue weighted by Gasteiger charge is -2.30. The normalized spacial score (nSPS) is 16.6. The number of aliphatic hydroxyl groups is 1. The number of carbonyl (C=O) groups excluding carboxylic acids is 1. The molecule has 1 amide bonds. The number of amides is 1. The molecule has 1 aliphatic rings. The largest absolute Gasteiger partial charge is 0.494 e. The summed E-state index contributed by atoms with van der Waals surface area (Å²) in [7, 11) is 3.55. The topological polar surface area (TPSA) is 98.5 Å². The third-order valence-corrected chi connectivity index (χ3v) is 6.51. The smallest absolute Gasteiger partial charge is 0.254 e. The predicted octanol–water partition coefficient (Wildman–Crippen LogP) is 2.76. The van der Waals surface area contributed by atoms with Crippen LogP contribution >= 0.6 is 0 Å². The molecule has 8 nitrogen and oxygen atoms in total. The lowest BCUT2D eigenvalue weighted by Crippen LogP contribution is -2.45. The maximum atomic E-state index is 13.2. The Balaban J connectivity index is 1.64. The van der Waals surface area contributed by atoms with Gasteiger partial charge in [-0.25, -0.2) is 4.98 Å². The molecule has 172 valence electrons. The van der Waals surface area contributed by atoms with Gasteiger partial charge in [0.15, 0.2) is 5.82 Å². The van der Waals surface area contributed by atoms with E-state index in [0.29, 0.717) is 36.5 Å². The van der Waals surface area contributed by atoms with Gasteiger partial charge in [-0.05, 0) is 37.1 Å². The quantitative estimate of drug-likeness (QED) is 0.490. The van der Waals surface area contributed by atoms with Crippen LogP contribution < -0.4 is 10.5 Å². The highest BCUT2D eigenvalue weighted by molar-refractivity contribution is 6.00. The molecule has 0 radical (unpaired) electrons. The van der Waals surface area contributed by atoms with Crippen molar-refractivity contribution in [2.24, 2.45) is 12.8 Å². The van der Waals surface area contributed by atoms with Crippen molar-refractivity contribution < 1.29 is 14.6 Å². The number of fused-ring (bicyclic) bond motifs is 2. The van der Waals surface area contributed by atoms with Gasteiger partial charge in [-0.3, -0.25) is 4.79 Å². The van der Waals surface area contributed by atoms with Crippen molar-refractivity contribution in [1.82, 2.24) is 19.0 Å². The molecular weight excluding hydrogens is 418 g/mol. The summed E-state index contributed by atoms with van der Waals surface area (Å²) in [5.41, 5.74) is 10.1. The van der Waals surface area contributed by atoms with Gasteiger partial charge in [-0.15, -0.1) is 0 Å². The number of imidazole rings is 1. The third kappa shape index (κ3) is 3.65. The highest BCUT2D eigenvalue weighted by Gasteiger charge is 2.25. The fourth-order valence-corrected chi connectivity index (χ4v) is 4.93. The van der Waals surface area contributed by atoms with Crippen LogP contribution in [0.3, 0.4) is 0 Å². The molecule has 0 saturated carbocycles. The zero-order chi connectivity index (χ0) is 23.1. The number of rotatable bonds is 5. The molecule has 1 unspecified atom stereocenters. The number of nitrogens with zero attached hydrogens (tertiary/aromatic N) is 4. The Hall–Kier alpha value is -3.36. The molecule has 5 rings (SSSR count). The standard InChI is InChI=1S/C25H29N5O3/c1-28-23-19(12-17(14-22(23)33-2)25(32)29-9-5-7-18(26)15-29)27-24(28)21-13-16-6-3-4-8-20(16)30(21)10-11-31/h3-4,6,8,12-14,18,31H,5,7,9-11,15,26H2,1-2H3. The number of para-hydroxylation sites is 1. The van der Waals surface area contributed by atoms with Crippen LogP contribution in [-0.4, -0.2) is 62.9 Å². The first-order chi connectivity index (χ1) is 16.0. The highest BCUT2D eigenvalue weighted by Crippen LogP contribution is 2.34. The maximum absolute atomic E-state index is 13.2. The van der Waals surface area contributed by atoms with E-state index in [9.17, 15) is 9.90 Å². The summed E-state index contributed by atoms with van der Waals surface area (Å²) in [5.74, 6) is 1.30. The Kier molecular flexibility index (Phi) is 5.55. The first-order valence-corrected chi connectivity index (χ1v) is 11.3. The number of ether oxygens (including phenoxy) is 1. The van der Waals surface area contributed by atoms with E-state index in [0.717, 1.165) is 40.8 Å². The Morgan fingerprint density at radius 3 is 2.85 bits per heavy atom. The van der Waals surface area contributed by atoms with Gasteiger partial charge in [0, 0.05) is 49.2 Å². The molecule has 0 aliphatic carbocycles. The minimum absolute atomic E-state index is 0.0169. The van der Waals surface area contributed by atoms with Crippen LogP contribution in [0, 0.1) is 0 Å². The average molecular weight is 448 g/mol. The number of aromatic nitrogens is 3. The molecule has 1 saturated heterocycles. The van der Waals surface area contributed by atoms with E-state index in [1.54, 1.807) is 13.2 Å². The van der Waals surface area contributed by atoms with E-state index < -0.39 is 0 Å². The summed E-state index contributed by atoms with van der Waals surface area (Å²) in [6, 6.07) is 13.8. The van der Waals surface area contributed by atoms with Crippen molar-refractivity contribution in [2.45, 2.75) is 25.4 Å². The number of hydrogen-bond donors (Lipinski definition) is 2. The number of aliphatic hydroxyl groups excluding tert-OH is 1. The van der Waals surface area contributed by atoms with Crippen molar-refractivity contribution in [1.29, 1.82) is 0 Å². The Labute approximate surface area is 192 Å². The molecule has 2 aromatic carbocycles. The van der Waals surface area contributed by atoms with Gasteiger partial charge in [0.25, 0.3) is 5.91 Å². The van der Waals surface area contributed by atoms with Crippen LogP contribution in [0.4, 0.5) is 0 Å². The summed E-state index contributed by atoms with van der Waals surface area (Å²) in [6.07, 6.45) is 1.85. The molecule has 4 aromatic rings. The average Bonchev–Trinajstić information content (AvgIpc) is 3.36. The van der Waals surface area contributed by atoms with Crippen LogP contribution in [0.5, 0.6) is 5.75 Å². The molecule has 8 heteroatoms. The van der Waals surface area contributed by atoms with E-state index in [4.69, 9.17) is 15.5 Å². The highest BCUT2D eigenvalue weighted by atomic mass is 16.5. The number of methoxy groups -OCH3 is 1. The fraction of sp³-hybridized carbons (Fsp3) is 0.360. The summed E-state index contributed by atoms with van der Waals surface area (Å²) >= 11 is 0. The number of benzene rings is 2. The van der Waals surface area contributed by atoms with E-state index in [1.165, 1.54) is 0 Å². The minimum atomic E-state index is -0.0491. The van der Waals surface area contributed by atoms with E-state index in [-0.39, 0.29) is 18.6 Å². The number of aryl methyl sites for hydroxylation is 1. The Morgan fingerprint density at radius 1 is 1.27 bits per heavy atom. The molecule has 33 heavy (non-hydrogen) atoms. The third-order valence-electron chi connectivity index (χ3n) is 6.51. The monoisotopic (exact) mass is 447 g/mol. The van der Waals surface area contributed by atoms with Crippen molar-refractivity contribution in [2.75, 3.05) is 26.8 Å². The number of piperidine rings is 1. The molecule has 0 spiro atoms. The van der Waals surface area contributed by atoms with Gasteiger partial charge in [0.1, 0.15) is 11.3 Å². The minimum Gasteiger partial charge on any atom is -0.494 e. The Bertz CT molecular complexity index is 1340. The van der Waals surface area contributed by atoms with Gasteiger partial charge < -0.3 is 29.6 Å². The van der Waals surface area contributed by atoms with E-state index in [1.807, 2.05) is 40.8 Å². The molecular formula is C25H29N5O3. The van der Waals surface area contributed by atoms with Gasteiger partial charge in [-0.2, -0.15) is 0 Å². The van der Waals surface area contributed by atoms with Crippen molar-refractivity contribution >= 4 is 27.8 Å². The van der Waals surface area contributed by atoms with Crippen LogP contribution in [-0.2, 0) is 13.6 Å². The molecule has 3 heterocycles. The lowest BCUT2D eigenvalue weighted by molar-refractivity contribution is 0.0708. The summed E-state index contributed by atoms with van der Waals surface area (Å²) < 4.78 is 9.75. The second-order valence-corrected chi connectivity index (χ2v) is 8.66. The van der Waals surface area contributed by atoms with Crippen molar-refractivity contribution in [3.63, 3.8) is 0 Å². The summed E-state index contributed by atoms with van der Waals surface area (Å²) in [6.45, 7) is 1.76. The molecule has 1 aliphatic heterocycles. The summed E-state index contributed by atoms with van der Waals surface area (Å²) in [4.78, 5) is 20.0. The van der Waals surface area contributed by atoms with Crippen molar-refractivity contribution in [3.8, 4) is 17.3 Å². The van der Waals surface area contributed by atoms with Gasteiger partial charge >= 0.3 is 0 Å². The lowest BCUT2D eigenvalue weighted by atomic mass is 10.0. The maximum Gasteiger partial charge on any atom is 0.254 e. The van der Waals surface area contributed by atoms with E-state index in [2.05, 4.69) is 16.7 Å². The number of nitrogens with two attached hydrogens (primary N) is 1. The zero-order valence-electron chi connectivity index (χ0n) is 19.0. The fourth-order valence-electron chi connectivity index (χ4n) is 4.93. The molecule has 2 aromatic heterocycles. The number of hydrogen-bond acceptors (Lipinski definition) is 5. The van der Waals surface area contributed by atoms with Crippen LogP contribution in [0.2, 0.25) is 0 Å². The second kappa shape index (κ2) is 8.53. The SMILES string of the molecule is COc1cc(C(=O)N2CCCC(N)C2)cc2nc(-c3cc4ccccc4n3CCO)n(C)c12. The molecule has 0 bridgehead atoms. The van der Waals surface area contributed by atoms with Gasteiger partial charge in [-0.1, -0.05) is 18.2 Å². The van der Waals surface area contributed by atoms with Crippen LogP contribution in [0.15, 0.2) is 42.5 Å². The molecule has 1 fully saturated rings. The summed E-state index contributed by atoms with van der Waals surface area (Å²) in [5, 5.41) is 10.8. The first-order valence-electron chi connectivity index (χ1n) is 11.3. The predicted molar refractivity (Wildman–Crippen MR) is 128 cm³/mol. The molecule has 3 N–H and O–H groups in total. The Morgan fingerprint density at radius 2 is 2.09 bits per heavy atom. The first kappa shape index (κ1) is 21.5. The van der Waals surface area contributed by atoms with Crippen LogP contribution in [0.1, 0.15) is 23.2 Å². The van der Waals surface area contributed by atoms with E-state index >= 15 is 0 Å². The van der Waals surface area contributed by atoms with Gasteiger partial charge in [0.05, 0.1) is 24.9 Å². The number of carbonyl (C=O) groups is 1. The number of likely N-dealkylation sites (tertiary alicyclic amines) is 1. The van der Waals surface area contributed by atoms with Gasteiger partial charge in [0.2, 0.25) is 0 Å². The van der Waals surface area contributed by atoms with Crippen LogP contribution in [0.25, 0.3) is 33.5 Å². The molecule has 1 atom stereocenters.